The number of hydrogen-bond donors (Lipinski definition) is 1. The molecule has 0 aliphatic rings. The summed E-state index contributed by atoms with van der Waals surface area (Å²) in [5.74, 6) is 0.953. The third kappa shape index (κ3) is 3.26. The number of H-pyrrole nitrogens is 1. The second-order valence-corrected chi connectivity index (χ2v) is 5.00. The van der Waals surface area contributed by atoms with Crippen LogP contribution < -0.4 is 4.74 Å². The highest BCUT2D eigenvalue weighted by molar-refractivity contribution is 5.80. The molecular weight excluding hydrogens is 224 g/mol. The summed E-state index contributed by atoms with van der Waals surface area (Å²) in [4.78, 5) is 5.51. The van der Waals surface area contributed by atoms with Crippen LogP contribution in [0.4, 0.5) is 0 Å². The summed E-state index contributed by atoms with van der Waals surface area (Å²) in [6.07, 6.45) is 3.01. The number of aromatic nitrogens is 1. The highest BCUT2D eigenvalue weighted by Crippen LogP contribution is 2.19. The van der Waals surface area contributed by atoms with Gasteiger partial charge in [-0.05, 0) is 51.6 Å². The summed E-state index contributed by atoms with van der Waals surface area (Å²) in [6, 6.07) is 8.82. The standard InChI is InChI=1S/C15H22N2O/c1-12(2)17(3)9-4-10-18-14-5-6-15-13(11-14)7-8-16-15/h5-8,11-12,16H,4,9-10H2,1-3H3. The Morgan fingerprint density at radius 1 is 1.28 bits per heavy atom. The normalized spacial score (nSPS) is 11.6. The van der Waals surface area contributed by atoms with E-state index in [1.165, 1.54) is 5.39 Å². The van der Waals surface area contributed by atoms with Crippen molar-refractivity contribution in [2.75, 3.05) is 20.2 Å². The third-order valence-electron chi connectivity index (χ3n) is 3.33. The van der Waals surface area contributed by atoms with E-state index in [9.17, 15) is 0 Å². The van der Waals surface area contributed by atoms with Crippen LogP contribution in [0, 0.1) is 0 Å². The molecule has 0 amide bonds. The van der Waals surface area contributed by atoms with Gasteiger partial charge in [-0.25, -0.2) is 0 Å². The van der Waals surface area contributed by atoms with Crippen molar-refractivity contribution >= 4 is 10.9 Å². The minimum absolute atomic E-state index is 0.598. The smallest absolute Gasteiger partial charge is 0.120 e. The Balaban J connectivity index is 1.79. The van der Waals surface area contributed by atoms with E-state index in [-0.39, 0.29) is 0 Å². The number of hydrogen-bond acceptors (Lipinski definition) is 2. The van der Waals surface area contributed by atoms with Gasteiger partial charge >= 0.3 is 0 Å². The van der Waals surface area contributed by atoms with Gasteiger partial charge in [0.05, 0.1) is 6.61 Å². The zero-order chi connectivity index (χ0) is 13.0. The maximum absolute atomic E-state index is 5.77. The molecule has 1 heterocycles. The highest BCUT2D eigenvalue weighted by atomic mass is 16.5. The molecule has 0 aliphatic heterocycles. The van der Waals surface area contributed by atoms with Gasteiger partial charge in [0.2, 0.25) is 0 Å². The molecule has 3 heteroatoms. The van der Waals surface area contributed by atoms with E-state index in [1.54, 1.807) is 0 Å². The van der Waals surface area contributed by atoms with Crippen molar-refractivity contribution in [1.82, 2.24) is 9.88 Å². The molecule has 0 unspecified atom stereocenters. The Morgan fingerprint density at radius 3 is 2.89 bits per heavy atom. The molecular formula is C15H22N2O. The zero-order valence-corrected chi connectivity index (χ0v) is 11.4. The molecule has 18 heavy (non-hydrogen) atoms. The van der Waals surface area contributed by atoms with E-state index in [4.69, 9.17) is 4.74 Å². The number of nitrogens with zero attached hydrogens (tertiary/aromatic N) is 1. The van der Waals surface area contributed by atoms with Crippen LogP contribution in [-0.2, 0) is 0 Å². The van der Waals surface area contributed by atoms with E-state index in [1.807, 2.05) is 12.3 Å². The lowest BCUT2D eigenvalue weighted by Gasteiger charge is -2.20. The van der Waals surface area contributed by atoms with Crippen LogP contribution in [-0.4, -0.2) is 36.1 Å². The molecule has 0 bridgehead atoms. The summed E-state index contributed by atoms with van der Waals surface area (Å²) in [5.41, 5.74) is 1.15. The Hall–Kier alpha value is -1.48. The molecule has 0 saturated heterocycles. The molecule has 98 valence electrons. The molecule has 3 nitrogen and oxygen atoms in total. The molecule has 1 N–H and O–H groups in total. The van der Waals surface area contributed by atoms with Crippen molar-refractivity contribution in [3.8, 4) is 5.75 Å². The molecule has 0 radical (unpaired) electrons. The minimum atomic E-state index is 0.598. The fraction of sp³-hybridized carbons (Fsp3) is 0.467. The lowest BCUT2D eigenvalue weighted by Crippen LogP contribution is -2.28. The fourth-order valence-electron chi connectivity index (χ4n) is 1.88. The predicted molar refractivity (Wildman–Crippen MR) is 76.2 cm³/mol. The van der Waals surface area contributed by atoms with Gasteiger partial charge in [0.1, 0.15) is 5.75 Å². The zero-order valence-electron chi connectivity index (χ0n) is 11.4. The minimum Gasteiger partial charge on any atom is -0.494 e. The molecule has 1 aromatic carbocycles. The van der Waals surface area contributed by atoms with Crippen LogP contribution in [0.15, 0.2) is 30.5 Å². The van der Waals surface area contributed by atoms with Crippen LogP contribution in [0.5, 0.6) is 5.75 Å². The Labute approximate surface area is 109 Å². The molecule has 0 spiro atoms. The Kier molecular flexibility index (Phi) is 4.26. The van der Waals surface area contributed by atoms with Gasteiger partial charge < -0.3 is 14.6 Å². The van der Waals surface area contributed by atoms with Gasteiger partial charge in [0, 0.05) is 29.7 Å². The first-order chi connectivity index (χ1) is 8.66. The Bertz CT molecular complexity index is 490. The van der Waals surface area contributed by atoms with Crippen molar-refractivity contribution in [1.29, 1.82) is 0 Å². The molecule has 0 saturated carbocycles. The quantitative estimate of drug-likeness (QED) is 0.792. The Morgan fingerprint density at radius 2 is 2.11 bits per heavy atom. The third-order valence-corrected chi connectivity index (χ3v) is 3.33. The number of benzene rings is 1. The van der Waals surface area contributed by atoms with E-state index >= 15 is 0 Å². The number of rotatable bonds is 6. The van der Waals surface area contributed by atoms with Crippen molar-refractivity contribution in [2.45, 2.75) is 26.3 Å². The van der Waals surface area contributed by atoms with Gasteiger partial charge in [-0.2, -0.15) is 0 Å². The largest absolute Gasteiger partial charge is 0.494 e. The van der Waals surface area contributed by atoms with Crippen LogP contribution in [0.2, 0.25) is 0 Å². The van der Waals surface area contributed by atoms with Gasteiger partial charge in [-0.1, -0.05) is 0 Å². The van der Waals surface area contributed by atoms with Crippen LogP contribution in [0.25, 0.3) is 10.9 Å². The first-order valence-electron chi connectivity index (χ1n) is 6.57. The topological polar surface area (TPSA) is 28.3 Å². The van der Waals surface area contributed by atoms with Gasteiger partial charge in [-0.15, -0.1) is 0 Å². The summed E-state index contributed by atoms with van der Waals surface area (Å²) < 4.78 is 5.77. The first-order valence-corrected chi connectivity index (χ1v) is 6.57. The number of fused-ring (bicyclic) bond motifs is 1. The van der Waals surface area contributed by atoms with Gasteiger partial charge in [-0.3, -0.25) is 0 Å². The average molecular weight is 246 g/mol. The van der Waals surface area contributed by atoms with Crippen molar-refractivity contribution in [3.05, 3.63) is 30.5 Å². The summed E-state index contributed by atoms with van der Waals surface area (Å²) >= 11 is 0. The lowest BCUT2D eigenvalue weighted by atomic mass is 10.2. The van der Waals surface area contributed by atoms with Crippen molar-refractivity contribution in [3.63, 3.8) is 0 Å². The van der Waals surface area contributed by atoms with Gasteiger partial charge in [0.15, 0.2) is 0 Å². The van der Waals surface area contributed by atoms with Crippen molar-refractivity contribution in [2.24, 2.45) is 0 Å². The second kappa shape index (κ2) is 5.91. The molecule has 2 rings (SSSR count). The van der Waals surface area contributed by atoms with E-state index in [0.717, 1.165) is 30.8 Å². The van der Waals surface area contributed by atoms with Gasteiger partial charge in [0.25, 0.3) is 0 Å². The van der Waals surface area contributed by atoms with Crippen molar-refractivity contribution < 1.29 is 4.74 Å². The van der Waals surface area contributed by atoms with Crippen LogP contribution >= 0.6 is 0 Å². The predicted octanol–water partition coefficient (Wildman–Crippen LogP) is 3.28. The SMILES string of the molecule is CC(C)N(C)CCCOc1ccc2[nH]ccc2c1. The lowest BCUT2D eigenvalue weighted by molar-refractivity contribution is 0.234. The maximum atomic E-state index is 5.77. The summed E-state index contributed by atoms with van der Waals surface area (Å²) in [5, 5.41) is 1.20. The van der Waals surface area contributed by atoms with E-state index < -0.39 is 0 Å². The monoisotopic (exact) mass is 246 g/mol. The number of nitrogens with one attached hydrogen (secondary N) is 1. The molecule has 0 atom stereocenters. The summed E-state index contributed by atoms with van der Waals surface area (Å²) in [6.45, 7) is 6.26. The highest BCUT2D eigenvalue weighted by Gasteiger charge is 2.02. The number of aromatic amines is 1. The number of ether oxygens (including phenoxy) is 1. The molecule has 2 aromatic rings. The maximum Gasteiger partial charge on any atom is 0.120 e. The second-order valence-electron chi connectivity index (χ2n) is 5.00. The fourth-order valence-corrected chi connectivity index (χ4v) is 1.88. The molecule has 0 fully saturated rings. The first kappa shape index (κ1) is 13.0. The van der Waals surface area contributed by atoms with E-state index in [2.05, 4.69) is 49.0 Å². The van der Waals surface area contributed by atoms with Crippen LogP contribution in [0.3, 0.4) is 0 Å². The summed E-state index contributed by atoms with van der Waals surface area (Å²) in [7, 11) is 2.15. The van der Waals surface area contributed by atoms with Crippen LogP contribution in [0.1, 0.15) is 20.3 Å². The average Bonchev–Trinajstić information content (AvgIpc) is 2.81. The van der Waals surface area contributed by atoms with E-state index in [0.29, 0.717) is 6.04 Å². The molecule has 0 aliphatic carbocycles. The molecule has 1 aromatic heterocycles.